The first-order valence-electron chi connectivity index (χ1n) is 8.85. The van der Waals surface area contributed by atoms with Crippen molar-refractivity contribution in [3.63, 3.8) is 0 Å². The molecule has 0 saturated carbocycles. The van der Waals surface area contributed by atoms with Crippen molar-refractivity contribution in [1.29, 1.82) is 0 Å². The molecule has 2 aliphatic rings. The van der Waals surface area contributed by atoms with Gasteiger partial charge in [-0.3, -0.25) is 9.69 Å². The summed E-state index contributed by atoms with van der Waals surface area (Å²) in [6, 6.07) is 14.0. The third-order valence-corrected chi connectivity index (χ3v) is 5.39. The number of hydrogen-bond donors (Lipinski definition) is 1. The SMILES string of the molecule is CC1(c2ccc(N3CCOCC3)cc2)NC(=S)N(c2ccccc2F)C1=O. The molecule has 0 spiro atoms. The molecule has 27 heavy (non-hydrogen) atoms. The molecule has 2 heterocycles. The molecule has 4 rings (SSSR count). The number of thiocarbonyl (C=S) groups is 1. The number of carbonyl (C=O) groups excluding carboxylic acids is 1. The largest absolute Gasteiger partial charge is 0.378 e. The van der Waals surface area contributed by atoms with Crippen molar-refractivity contribution >= 4 is 34.6 Å². The highest BCUT2D eigenvalue weighted by atomic mass is 32.1. The molecule has 0 bridgehead atoms. The minimum atomic E-state index is -1.04. The summed E-state index contributed by atoms with van der Waals surface area (Å²) in [6.07, 6.45) is 0. The third-order valence-electron chi connectivity index (χ3n) is 5.11. The van der Waals surface area contributed by atoms with E-state index in [4.69, 9.17) is 17.0 Å². The average molecular weight is 385 g/mol. The zero-order valence-electron chi connectivity index (χ0n) is 14.9. The normalized spacial score (nSPS) is 22.9. The molecule has 1 atom stereocenters. The molecule has 0 aliphatic carbocycles. The number of benzene rings is 2. The van der Waals surface area contributed by atoms with Gasteiger partial charge in [-0.25, -0.2) is 4.39 Å². The summed E-state index contributed by atoms with van der Waals surface area (Å²) in [6.45, 7) is 4.89. The summed E-state index contributed by atoms with van der Waals surface area (Å²) in [4.78, 5) is 16.6. The van der Waals surface area contributed by atoms with Crippen LogP contribution in [-0.2, 0) is 15.1 Å². The first-order valence-corrected chi connectivity index (χ1v) is 9.26. The van der Waals surface area contributed by atoms with Gasteiger partial charge in [-0.1, -0.05) is 24.3 Å². The van der Waals surface area contributed by atoms with E-state index in [1.54, 1.807) is 25.1 Å². The van der Waals surface area contributed by atoms with E-state index in [9.17, 15) is 9.18 Å². The molecule has 5 nitrogen and oxygen atoms in total. The number of nitrogens with one attached hydrogen (secondary N) is 1. The van der Waals surface area contributed by atoms with Crippen LogP contribution in [0.1, 0.15) is 12.5 Å². The lowest BCUT2D eigenvalue weighted by Gasteiger charge is -2.29. The Balaban J connectivity index is 1.62. The van der Waals surface area contributed by atoms with E-state index in [1.807, 2.05) is 24.3 Å². The second-order valence-electron chi connectivity index (χ2n) is 6.79. The van der Waals surface area contributed by atoms with E-state index in [1.165, 1.54) is 11.0 Å². The molecule has 2 aromatic rings. The van der Waals surface area contributed by atoms with E-state index in [0.29, 0.717) is 13.2 Å². The highest BCUT2D eigenvalue weighted by Gasteiger charge is 2.48. The summed E-state index contributed by atoms with van der Waals surface area (Å²) < 4.78 is 19.6. The quantitative estimate of drug-likeness (QED) is 0.824. The minimum Gasteiger partial charge on any atom is -0.378 e. The fourth-order valence-corrected chi connectivity index (χ4v) is 3.90. The summed E-state index contributed by atoms with van der Waals surface area (Å²) in [5.74, 6) is -0.779. The molecule has 1 amide bonds. The van der Waals surface area contributed by atoms with Crippen LogP contribution in [0.3, 0.4) is 0 Å². The van der Waals surface area contributed by atoms with Crippen LogP contribution in [0.25, 0.3) is 0 Å². The van der Waals surface area contributed by atoms with Gasteiger partial charge < -0.3 is 15.0 Å². The predicted molar refractivity (Wildman–Crippen MR) is 106 cm³/mol. The molecule has 7 heteroatoms. The lowest BCUT2D eigenvalue weighted by molar-refractivity contribution is -0.121. The molecule has 1 unspecified atom stereocenters. The Morgan fingerprint density at radius 2 is 1.78 bits per heavy atom. The van der Waals surface area contributed by atoms with Crippen LogP contribution in [0.5, 0.6) is 0 Å². The number of rotatable bonds is 3. The molecule has 2 fully saturated rings. The molecule has 2 aliphatic heterocycles. The zero-order valence-corrected chi connectivity index (χ0v) is 15.8. The van der Waals surface area contributed by atoms with E-state index in [0.717, 1.165) is 24.3 Å². The summed E-state index contributed by atoms with van der Waals surface area (Å²) in [7, 11) is 0. The summed E-state index contributed by atoms with van der Waals surface area (Å²) >= 11 is 5.34. The molecular formula is C20H20FN3O2S. The molecule has 2 aromatic carbocycles. The monoisotopic (exact) mass is 385 g/mol. The second kappa shape index (κ2) is 6.90. The molecule has 0 radical (unpaired) electrons. The van der Waals surface area contributed by atoms with Gasteiger partial charge in [0, 0.05) is 18.8 Å². The number of ether oxygens (including phenoxy) is 1. The molecule has 2 saturated heterocycles. The fourth-order valence-electron chi connectivity index (χ4n) is 3.51. The third kappa shape index (κ3) is 3.07. The Kier molecular flexibility index (Phi) is 4.57. The maximum absolute atomic E-state index is 14.2. The van der Waals surface area contributed by atoms with Gasteiger partial charge >= 0.3 is 0 Å². The number of carbonyl (C=O) groups is 1. The van der Waals surface area contributed by atoms with E-state index in [2.05, 4.69) is 10.2 Å². The number of para-hydroxylation sites is 1. The smallest absolute Gasteiger partial charge is 0.263 e. The minimum absolute atomic E-state index is 0.161. The van der Waals surface area contributed by atoms with Crippen LogP contribution in [0, 0.1) is 5.82 Å². The Morgan fingerprint density at radius 3 is 2.44 bits per heavy atom. The van der Waals surface area contributed by atoms with Crippen molar-refractivity contribution in [2.24, 2.45) is 0 Å². The Hall–Kier alpha value is -2.51. The number of amides is 1. The van der Waals surface area contributed by atoms with Crippen LogP contribution in [0.15, 0.2) is 48.5 Å². The van der Waals surface area contributed by atoms with Gasteiger partial charge in [-0.05, 0) is 49.0 Å². The maximum Gasteiger partial charge on any atom is 0.263 e. The van der Waals surface area contributed by atoms with Gasteiger partial charge in [0.25, 0.3) is 5.91 Å². The van der Waals surface area contributed by atoms with Crippen LogP contribution >= 0.6 is 12.2 Å². The van der Waals surface area contributed by atoms with Crippen molar-refractivity contribution in [3.8, 4) is 0 Å². The van der Waals surface area contributed by atoms with Gasteiger partial charge in [0.15, 0.2) is 5.11 Å². The van der Waals surface area contributed by atoms with E-state index >= 15 is 0 Å². The van der Waals surface area contributed by atoms with Crippen LogP contribution in [0.4, 0.5) is 15.8 Å². The van der Waals surface area contributed by atoms with E-state index in [-0.39, 0.29) is 16.7 Å². The van der Waals surface area contributed by atoms with E-state index < -0.39 is 11.4 Å². The van der Waals surface area contributed by atoms with Crippen LogP contribution in [-0.4, -0.2) is 37.3 Å². The average Bonchev–Trinajstić information content (AvgIpc) is 2.93. The van der Waals surface area contributed by atoms with Crippen molar-refractivity contribution in [3.05, 3.63) is 59.9 Å². The lowest BCUT2D eigenvalue weighted by atomic mass is 9.91. The number of nitrogens with zero attached hydrogens (tertiary/aromatic N) is 2. The zero-order chi connectivity index (χ0) is 19.0. The predicted octanol–water partition coefficient (Wildman–Crippen LogP) is 2.80. The topological polar surface area (TPSA) is 44.8 Å². The van der Waals surface area contributed by atoms with Crippen molar-refractivity contribution < 1.29 is 13.9 Å². The maximum atomic E-state index is 14.2. The van der Waals surface area contributed by atoms with Crippen molar-refractivity contribution in [2.75, 3.05) is 36.1 Å². The first-order chi connectivity index (χ1) is 13.0. The Bertz CT molecular complexity index is 883. The fraction of sp³-hybridized carbons (Fsp3) is 0.300. The van der Waals surface area contributed by atoms with Gasteiger partial charge in [-0.15, -0.1) is 0 Å². The number of anilines is 2. The van der Waals surface area contributed by atoms with Crippen LogP contribution in [0.2, 0.25) is 0 Å². The first kappa shape index (κ1) is 17.9. The van der Waals surface area contributed by atoms with Gasteiger partial charge in [0.05, 0.1) is 18.9 Å². The van der Waals surface area contributed by atoms with Gasteiger partial charge in [0.1, 0.15) is 11.4 Å². The number of hydrogen-bond acceptors (Lipinski definition) is 4. The highest BCUT2D eigenvalue weighted by Crippen LogP contribution is 2.34. The molecular weight excluding hydrogens is 365 g/mol. The number of halogens is 1. The molecule has 1 N–H and O–H groups in total. The van der Waals surface area contributed by atoms with Gasteiger partial charge in [-0.2, -0.15) is 0 Å². The van der Waals surface area contributed by atoms with Crippen LogP contribution < -0.4 is 15.1 Å². The second-order valence-corrected chi connectivity index (χ2v) is 7.18. The molecule has 0 aromatic heterocycles. The summed E-state index contributed by atoms with van der Waals surface area (Å²) in [5.41, 5.74) is 0.993. The van der Waals surface area contributed by atoms with Gasteiger partial charge in [0.2, 0.25) is 0 Å². The highest BCUT2D eigenvalue weighted by molar-refractivity contribution is 7.80. The van der Waals surface area contributed by atoms with Crippen molar-refractivity contribution in [2.45, 2.75) is 12.5 Å². The number of morpholine rings is 1. The lowest BCUT2D eigenvalue weighted by Crippen LogP contribution is -2.41. The molecule has 140 valence electrons. The Morgan fingerprint density at radius 1 is 1.11 bits per heavy atom. The van der Waals surface area contributed by atoms with Crippen molar-refractivity contribution in [1.82, 2.24) is 5.32 Å². The standard InChI is InChI=1S/C20H20FN3O2S/c1-20(14-6-8-15(9-7-14)23-10-12-26-13-11-23)18(25)24(19(27)22-20)17-5-3-2-4-16(17)21/h2-9H,10-13H2,1H3,(H,22,27). The summed E-state index contributed by atoms with van der Waals surface area (Å²) in [5, 5.41) is 3.28. The Labute approximate surface area is 162 Å².